The van der Waals surface area contributed by atoms with Gasteiger partial charge in [0.05, 0.1) is 33.0 Å². The first-order valence-electron chi connectivity index (χ1n) is 6.82. The average Bonchev–Trinajstić information content (AvgIpc) is 2.59. The Bertz CT molecular complexity index is 778. The van der Waals surface area contributed by atoms with Crippen molar-refractivity contribution in [2.45, 2.75) is 0 Å². The fourth-order valence-electron chi connectivity index (χ4n) is 2.24. The molecule has 0 bridgehead atoms. The molecule has 0 fully saturated rings. The Balaban J connectivity index is 2.62. The minimum Gasteiger partial charge on any atom is -0.493 e. The van der Waals surface area contributed by atoms with Crippen LogP contribution in [0.25, 0.3) is 11.6 Å². The molecular weight excluding hydrogens is 297 g/mol. The minimum absolute atomic E-state index is 0.189. The van der Waals surface area contributed by atoms with Gasteiger partial charge in [0.1, 0.15) is 5.82 Å². The standard InChI is InChI=1S/C18H16FNO3/c1-21-16-9-8-12(17(22-2)18(16)23-3)10-13(11-20)14-6-4-5-7-15(14)19/h4-10H,1-3H3. The van der Waals surface area contributed by atoms with Crippen LogP contribution in [0.4, 0.5) is 4.39 Å². The second-order valence-corrected chi connectivity index (χ2v) is 4.57. The number of methoxy groups -OCH3 is 3. The second-order valence-electron chi connectivity index (χ2n) is 4.57. The first-order chi connectivity index (χ1) is 11.2. The third-order valence-corrected chi connectivity index (χ3v) is 3.32. The van der Waals surface area contributed by atoms with Crippen LogP contribution in [0.15, 0.2) is 36.4 Å². The van der Waals surface area contributed by atoms with Crippen LogP contribution in [0.5, 0.6) is 17.2 Å². The number of nitriles is 1. The normalized spacial score (nSPS) is 10.8. The maximum atomic E-state index is 13.9. The summed E-state index contributed by atoms with van der Waals surface area (Å²) in [5.41, 5.74) is 1.01. The van der Waals surface area contributed by atoms with E-state index in [1.807, 2.05) is 6.07 Å². The summed E-state index contributed by atoms with van der Waals surface area (Å²) in [6, 6.07) is 11.6. The molecule has 5 heteroatoms. The first kappa shape index (κ1) is 16.4. The zero-order valence-corrected chi connectivity index (χ0v) is 13.1. The van der Waals surface area contributed by atoms with Crippen molar-refractivity contribution in [2.75, 3.05) is 21.3 Å². The zero-order chi connectivity index (χ0) is 16.8. The Kier molecular flexibility index (Phi) is 5.21. The van der Waals surface area contributed by atoms with Crippen molar-refractivity contribution < 1.29 is 18.6 Å². The van der Waals surface area contributed by atoms with Crippen molar-refractivity contribution in [3.63, 3.8) is 0 Å². The largest absolute Gasteiger partial charge is 0.493 e. The minimum atomic E-state index is -0.459. The van der Waals surface area contributed by atoms with Gasteiger partial charge in [0, 0.05) is 11.1 Å². The molecular formula is C18H16FNO3. The van der Waals surface area contributed by atoms with Crippen molar-refractivity contribution >= 4 is 11.6 Å². The Morgan fingerprint density at radius 2 is 1.70 bits per heavy atom. The Morgan fingerprint density at radius 3 is 2.26 bits per heavy atom. The molecule has 0 spiro atoms. The van der Waals surface area contributed by atoms with E-state index in [0.29, 0.717) is 22.8 Å². The molecule has 0 saturated carbocycles. The summed E-state index contributed by atoms with van der Waals surface area (Å²) >= 11 is 0. The number of hydrogen-bond donors (Lipinski definition) is 0. The quantitative estimate of drug-likeness (QED) is 0.620. The molecule has 0 aliphatic rings. The summed E-state index contributed by atoms with van der Waals surface area (Å²) in [5, 5.41) is 9.37. The van der Waals surface area contributed by atoms with Crippen molar-refractivity contribution in [3.05, 3.63) is 53.3 Å². The smallest absolute Gasteiger partial charge is 0.203 e. The molecule has 0 heterocycles. The highest BCUT2D eigenvalue weighted by molar-refractivity contribution is 5.91. The number of nitrogens with zero attached hydrogens (tertiary/aromatic N) is 1. The molecule has 118 valence electrons. The van der Waals surface area contributed by atoms with Crippen molar-refractivity contribution in [1.29, 1.82) is 5.26 Å². The van der Waals surface area contributed by atoms with Crippen LogP contribution < -0.4 is 14.2 Å². The fourth-order valence-corrected chi connectivity index (χ4v) is 2.24. The summed E-state index contributed by atoms with van der Waals surface area (Å²) < 4.78 is 29.8. The number of halogens is 1. The van der Waals surface area contributed by atoms with E-state index in [-0.39, 0.29) is 11.1 Å². The summed E-state index contributed by atoms with van der Waals surface area (Å²) in [5.74, 6) is 0.871. The van der Waals surface area contributed by atoms with E-state index in [1.54, 1.807) is 36.4 Å². The molecule has 0 radical (unpaired) electrons. The summed E-state index contributed by atoms with van der Waals surface area (Å²) in [4.78, 5) is 0. The molecule has 0 atom stereocenters. The van der Waals surface area contributed by atoms with Crippen LogP contribution in [-0.2, 0) is 0 Å². The highest BCUT2D eigenvalue weighted by atomic mass is 19.1. The molecule has 0 amide bonds. The molecule has 0 aliphatic heterocycles. The van der Waals surface area contributed by atoms with E-state index in [4.69, 9.17) is 14.2 Å². The molecule has 23 heavy (non-hydrogen) atoms. The lowest BCUT2D eigenvalue weighted by molar-refractivity contribution is 0.324. The molecule has 2 aromatic rings. The molecule has 0 aliphatic carbocycles. The molecule has 2 aromatic carbocycles. The fraction of sp³-hybridized carbons (Fsp3) is 0.167. The van der Waals surface area contributed by atoms with Crippen molar-refractivity contribution in [3.8, 4) is 23.3 Å². The SMILES string of the molecule is COc1ccc(C=C(C#N)c2ccccc2F)c(OC)c1OC. The number of hydrogen-bond acceptors (Lipinski definition) is 4. The van der Waals surface area contributed by atoms with E-state index in [9.17, 15) is 9.65 Å². The third-order valence-electron chi connectivity index (χ3n) is 3.32. The second kappa shape index (κ2) is 7.32. The van der Waals surface area contributed by atoms with Crippen LogP contribution in [-0.4, -0.2) is 21.3 Å². The van der Waals surface area contributed by atoms with Gasteiger partial charge in [-0.2, -0.15) is 5.26 Å². The highest BCUT2D eigenvalue weighted by Gasteiger charge is 2.16. The van der Waals surface area contributed by atoms with Gasteiger partial charge in [-0.15, -0.1) is 0 Å². The monoisotopic (exact) mass is 313 g/mol. The third kappa shape index (κ3) is 3.27. The van der Waals surface area contributed by atoms with Crippen LogP contribution >= 0.6 is 0 Å². The van der Waals surface area contributed by atoms with E-state index < -0.39 is 5.82 Å². The number of benzene rings is 2. The van der Waals surface area contributed by atoms with Gasteiger partial charge in [-0.3, -0.25) is 0 Å². The summed E-state index contributed by atoms with van der Waals surface area (Å²) in [6.07, 6.45) is 1.55. The maximum absolute atomic E-state index is 13.9. The van der Waals surface area contributed by atoms with Gasteiger partial charge < -0.3 is 14.2 Å². The van der Waals surface area contributed by atoms with Crippen LogP contribution in [0, 0.1) is 17.1 Å². The topological polar surface area (TPSA) is 51.5 Å². The lowest BCUT2D eigenvalue weighted by atomic mass is 10.0. The predicted molar refractivity (Wildman–Crippen MR) is 86.0 cm³/mol. The van der Waals surface area contributed by atoms with Crippen LogP contribution in [0.1, 0.15) is 11.1 Å². The van der Waals surface area contributed by atoms with Crippen LogP contribution in [0.3, 0.4) is 0 Å². The highest BCUT2D eigenvalue weighted by Crippen LogP contribution is 2.41. The lowest BCUT2D eigenvalue weighted by Gasteiger charge is -2.14. The van der Waals surface area contributed by atoms with E-state index in [0.717, 1.165) is 0 Å². The van der Waals surface area contributed by atoms with Crippen LogP contribution in [0.2, 0.25) is 0 Å². The van der Waals surface area contributed by atoms with Crippen molar-refractivity contribution in [1.82, 2.24) is 0 Å². The molecule has 0 saturated heterocycles. The maximum Gasteiger partial charge on any atom is 0.203 e. The first-order valence-corrected chi connectivity index (χ1v) is 6.82. The average molecular weight is 313 g/mol. The number of ether oxygens (including phenoxy) is 3. The van der Waals surface area contributed by atoms with Gasteiger partial charge >= 0.3 is 0 Å². The zero-order valence-electron chi connectivity index (χ0n) is 13.1. The summed E-state index contributed by atoms with van der Waals surface area (Å²) in [6.45, 7) is 0. The summed E-state index contributed by atoms with van der Waals surface area (Å²) in [7, 11) is 4.51. The van der Waals surface area contributed by atoms with Gasteiger partial charge in [-0.1, -0.05) is 18.2 Å². The number of allylic oxidation sites excluding steroid dienone is 1. The molecule has 2 rings (SSSR count). The van der Waals surface area contributed by atoms with E-state index >= 15 is 0 Å². The van der Waals surface area contributed by atoms with Gasteiger partial charge in [-0.25, -0.2) is 4.39 Å². The van der Waals surface area contributed by atoms with E-state index in [1.165, 1.54) is 27.4 Å². The van der Waals surface area contributed by atoms with Gasteiger partial charge in [0.15, 0.2) is 11.5 Å². The Hall–Kier alpha value is -3.00. The lowest BCUT2D eigenvalue weighted by Crippen LogP contribution is -1.97. The van der Waals surface area contributed by atoms with Gasteiger partial charge in [0.2, 0.25) is 5.75 Å². The Morgan fingerprint density at radius 1 is 1.00 bits per heavy atom. The molecule has 4 nitrogen and oxygen atoms in total. The molecule has 0 unspecified atom stereocenters. The van der Waals surface area contributed by atoms with Gasteiger partial charge in [-0.05, 0) is 24.3 Å². The molecule has 0 N–H and O–H groups in total. The Labute approximate surface area is 134 Å². The van der Waals surface area contributed by atoms with Crippen molar-refractivity contribution in [2.24, 2.45) is 0 Å². The van der Waals surface area contributed by atoms with E-state index in [2.05, 4.69) is 0 Å². The molecule has 0 aromatic heterocycles. The predicted octanol–water partition coefficient (Wildman–Crippen LogP) is 3.92. The van der Waals surface area contributed by atoms with Gasteiger partial charge in [0.25, 0.3) is 0 Å². The number of rotatable bonds is 5.